The second-order valence-electron chi connectivity index (χ2n) is 8.14. The zero-order chi connectivity index (χ0) is 25.2. The van der Waals surface area contributed by atoms with Gasteiger partial charge in [0.2, 0.25) is 5.75 Å². The van der Waals surface area contributed by atoms with Gasteiger partial charge in [0.15, 0.2) is 26.5 Å². The molecule has 0 unspecified atom stereocenters. The molecule has 11 heteroatoms. The number of rotatable bonds is 8. The molecular weight excluding hydrogens is 531 g/mol. The predicted molar refractivity (Wildman–Crippen MR) is 140 cm³/mol. The number of ether oxygens (including phenoxy) is 3. The molecule has 2 heterocycles. The van der Waals surface area contributed by atoms with Crippen LogP contribution in [-0.4, -0.2) is 53.1 Å². The van der Waals surface area contributed by atoms with Gasteiger partial charge >= 0.3 is 0 Å². The minimum absolute atomic E-state index is 0.142. The lowest BCUT2D eigenvalue weighted by Crippen LogP contribution is -2.39. The van der Waals surface area contributed by atoms with Gasteiger partial charge < -0.3 is 19.1 Å². The number of methoxy groups -OCH3 is 3. The number of benzene rings is 2. The van der Waals surface area contributed by atoms with Crippen molar-refractivity contribution in [3.8, 4) is 17.2 Å². The largest absolute Gasteiger partial charge is 0.493 e. The van der Waals surface area contributed by atoms with Crippen LogP contribution in [0, 0.1) is 0 Å². The van der Waals surface area contributed by atoms with Crippen LogP contribution in [0.2, 0.25) is 10.0 Å². The van der Waals surface area contributed by atoms with Crippen molar-refractivity contribution in [3.63, 3.8) is 0 Å². The van der Waals surface area contributed by atoms with E-state index in [4.69, 9.17) is 42.4 Å². The van der Waals surface area contributed by atoms with E-state index in [1.54, 1.807) is 38.7 Å². The molecule has 2 aromatic carbocycles. The third kappa shape index (κ3) is 5.48. The Balaban J connectivity index is 1.44. The molecule has 1 aromatic heterocycles. The van der Waals surface area contributed by atoms with E-state index in [1.165, 1.54) is 12.1 Å². The van der Waals surface area contributed by atoms with Gasteiger partial charge in [-0.05, 0) is 48.7 Å². The Hall–Kier alpha value is -2.20. The van der Waals surface area contributed by atoms with E-state index in [-0.39, 0.29) is 9.92 Å². The summed E-state index contributed by atoms with van der Waals surface area (Å²) in [4.78, 5) is 7.08. The molecule has 3 aromatic rings. The first kappa shape index (κ1) is 25.9. The van der Waals surface area contributed by atoms with Gasteiger partial charge in [-0.25, -0.2) is 13.4 Å². The van der Waals surface area contributed by atoms with Crippen LogP contribution in [0.15, 0.2) is 40.6 Å². The molecule has 0 bridgehead atoms. The molecule has 0 aliphatic carbocycles. The number of anilines is 1. The third-order valence-corrected chi connectivity index (χ3v) is 9.93. The monoisotopic (exact) mass is 556 g/mol. The van der Waals surface area contributed by atoms with Gasteiger partial charge in [-0.2, -0.15) is 0 Å². The van der Waals surface area contributed by atoms with Gasteiger partial charge in [-0.1, -0.05) is 23.2 Å². The minimum atomic E-state index is -3.54. The summed E-state index contributed by atoms with van der Waals surface area (Å²) in [6, 6.07) is 8.34. The summed E-state index contributed by atoms with van der Waals surface area (Å²) in [6.45, 7) is 1.21. The third-order valence-electron chi connectivity index (χ3n) is 6.00. The first-order chi connectivity index (χ1) is 16.8. The van der Waals surface area contributed by atoms with Crippen molar-refractivity contribution in [1.29, 1.82) is 0 Å². The molecule has 1 saturated heterocycles. The highest BCUT2D eigenvalue weighted by Gasteiger charge is 2.33. The molecule has 0 amide bonds. The Morgan fingerprint density at radius 1 is 1.03 bits per heavy atom. The smallest absolute Gasteiger partial charge is 0.203 e. The molecule has 1 aliphatic heterocycles. The average Bonchev–Trinajstić information content (AvgIpc) is 3.31. The Morgan fingerprint density at radius 3 is 2.26 bits per heavy atom. The summed E-state index contributed by atoms with van der Waals surface area (Å²) in [7, 11) is 1.22. The van der Waals surface area contributed by atoms with E-state index >= 15 is 0 Å². The van der Waals surface area contributed by atoms with Crippen molar-refractivity contribution in [2.75, 3.05) is 39.3 Å². The lowest BCUT2D eigenvalue weighted by Gasteiger charge is -2.31. The van der Waals surface area contributed by atoms with Gasteiger partial charge in [-0.15, -0.1) is 11.3 Å². The second-order valence-corrected chi connectivity index (χ2v) is 12.0. The molecule has 0 radical (unpaired) electrons. The minimum Gasteiger partial charge on any atom is -0.493 e. The van der Waals surface area contributed by atoms with Gasteiger partial charge in [0.25, 0.3) is 0 Å². The molecular formula is C24H26Cl2N2O5S2. The Labute approximate surface area is 219 Å². The Kier molecular flexibility index (Phi) is 8.00. The van der Waals surface area contributed by atoms with Crippen LogP contribution in [0.3, 0.4) is 0 Å². The van der Waals surface area contributed by atoms with Crippen LogP contribution in [0.1, 0.15) is 24.1 Å². The lowest BCUT2D eigenvalue weighted by molar-refractivity contribution is 0.324. The van der Waals surface area contributed by atoms with Gasteiger partial charge in [0.05, 0.1) is 42.2 Å². The highest BCUT2D eigenvalue weighted by atomic mass is 35.5. The topological polar surface area (TPSA) is 78.0 Å². The first-order valence-electron chi connectivity index (χ1n) is 10.9. The van der Waals surface area contributed by atoms with E-state index in [1.807, 2.05) is 17.5 Å². The van der Waals surface area contributed by atoms with Crippen molar-refractivity contribution in [2.24, 2.45) is 0 Å². The predicted octanol–water partition coefficient (Wildman–Crippen LogP) is 5.51. The van der Waals surface area contributed by atoms with Crippen molar-refractivity contribution in [3.05, 3.63) is 57.0 Å². The number of hydrogen-bond acceptors (Lipinski definition) is 8. The Bertz CT molecular complexity index is 1280. The lowest BCUT2D eigenvalue weighted by atomic mass is 10.1. The maximum atomic E-state index is 13.1. The molecule has 35 heavy (non-hydrogen) atoms. The number of sulfone groups is 1. The van der Waals surface area contributed by atoms with Crippen LogP contribution in [0.5, 0.6) is 17.2 Å². The zero-order valence-electron chi connectivity index (χ0n) is 19.6. The molecule has 188 valence electrons. The van der Waals surface area contributed by atoms with Crippen LogP contribution in [0.4, 0.5) is 5.13 Å². The normalized spacial score (nSPS) is 14.7. The molecule has 0 N–H and O–H groups in total. The summed E-state index contributed by atoms with van der Waals surface area (Å²) in [5.74, 6) is 1.75. The first-order valence-corrected chi connectivity index (χ1v) is 14.1. The summed E-state index contributed by atoms with van der Waals surface area (Å²) < 4.78 is 42.5. The molecule has 1 fully saturated rings. The number of hydrogen-bond donors (Lipinski definition) is 0. The summed E-state index contributed by atoms with van der Waals surface area (Å²) >= 11 is 13.7. The highest BCUT2D eigenvalue weighted by Crippen LogP contribution is 2.39. The van der Waals surface area contributed by atoms with Gasteiger partial charge in [0, 0.05) is 29.9 Å². The standard InChI is InChI=1S/C24H26Cl2N2O5S2/c1-31-20-11-15(12-21(32-2)23(20)33-3)10-17-14-34-24(27-17)28-8-6-18(7-9-28)35(29,30)22-5-4-16(25)13-19(22)26/h4-5,11-14,18H,6-10H2,1-3H3. The second kappa shape index (κ2) is 10.8. The van der Waals surface area contributed by atoms with E-state index in [2.05, 4.69) is 4.90 Å². The number of halogens is 2. The summed E-state index contributed by atoms with van der Waals surface area (Å²) in [5, 5.41) is 2.99. The van der Waals surface area contributed by atoms with Crippen molar-refractivity contribution < 1.29 is 22.6 Å². The maximum absolute atomic E-state index is 13.1. The summed E-state index contributed by atoms with van der Waals surface area (Å²) in [6.07, 6.45) is 1.61. The fourth-order valence-electron chi connectivity index (χ4n) is 4.21. The quantitative estimate of drug-likeness (QED) is 0.362. The Morgan fingerprint density at radius 2 is 1.69 bits per heavy atom. The molecule has 0 spiro atoms. The van der Waals surface area contributed by atoms with Crippen LogP contribution in [-0.2, 0) is 16.3 Å². The van der Waals surface area contributed by atoms with E-state index in [9.17, 15) is 8.42 Å². The molecule has 0 atom stereocenters. The van der Waals surface area contributed by atoms with Crippen LogP contribution < -0.4 is 19.1 Å². The zero-order valence-corrected chi connectivity index (χ0v) is 22.7. The number of aromatic nitrogens is 1. The molecule has 4 rings (SSSR count). The fraction of sp³-hybridized carbons (Fsp3) is 0.375. The molecule has 1 aliphatic rings. The van der Waals surface area contributed by atoms with Crippen molar-refractivity contribution in [1.82, 2.24) is 4.98 Å². The maximum Gasteiger partial charge on any atom is 0.203 e. The van der Waals surface area contributed by atoms with Crippen LogP contribution in [0.25, 0.3) is 0 Å². The van der Waals surface area contributed by atoms with Crippen molar-refractivity contribution >= 4 is 49.5 Å². The van der Waals surface area contributed by atoms with E-state index in [0.717, 1.165) is 16.4 Å². The van der Waals surface area contributed by atoms with Gasteiger partial charge in [-0.3, -0.25) is 0 Å². The fourth-order valence-corrected chi connectivity index (χ4v) is 7.60. The number of piperidine rings is 1. The van der Waals surface area contributed by atoms with E-state index in [0.29, 0.717) is 54.6 Å². The van der Waals surface area contributed by atoms with Gasteiger partial charge in [0.1, 0.15) is 0 Å². The molecule has 0 saturated carbocycles. The number of nitrogens with zero attached hydrogens (tertiary/aromatic N) is 2. The van der Waals surface area contributed by atoms with Crippen molar-refractivity contribution in [2.45, 2.75) is 29.4 Å². The highest BCUT2D eigenvalue weighted by molar-refractivity contribution is 7.92. The number of thiazole rings is 1. The summed E-state index contributed by atoms with van der Waals surface area (Å²) in [5.41, 5.74) is 1.91. The van der Waals surface area contributed by atoms with E-state index < -0.39 is 15.1 Å². The van der Waals surface area contributed by atoms with Crippen LogP contribution >= 0.6 is 34.5 Å². The average molecular weight is 558 g/mol. The SMILES string of the molecule is COc1cc(Cc2csc(N3CCC(S(=O)(=O)c4ccc(Cl)cc4Cl)CC3)n2)cc(OC)c1OC. The molecule has 7 nitrogen and oxygen atoms in total.